The highest BCUT2D eigenvalue weighted by Gasteiger charge is 2.39. The summed E-state index contributed by atoms with van der Waals surface area (Å²) in [7, 11) is 0. The minimum Gasteiger partial charge on any atom is -0.298 e. The van der Waals surface area contributed by atoms with E-state index in [1.807, 2.05) is 0 Å². The zero-order chi connectivity index (χ0) is 13.9. The molecular weight excluding hydrogens is 244 g/mol. The van der Waals surface area contributed by atoms with E-state index in [-0.39, 0.29) is 0 Å². The van der Waals surface area contributed by atoms with Gasteiger partial charge in [-0.3, -0.25) is 9.80 Å². The Kier molecular flexibility index (Phi) is 5.04. The molecule has 2 atom stereocenters. The molecule has 0 aromatic heterocycles. The summed E-state index contributed by atoms with van der Waals surface area (Å²) in [4.78, 5) is 5.76. The summed E-state index contributed by atoms with van der Waals surface area (Å²) in [6, 6.07) is 2.59. The van der Waals surface area contributed by atoms with Crippen LogP contribution in [0.15, 0.2) is 0 Å². The SMILES string of the molecule is CC(C)C1CN2CCCC2CN1C1CCCCCCC1. The van der Waals surface area contributed by atoms with Gasteiger partial charge in [0.15, 0.2) is 0 Å². The van der Waals surface area contributed by atoms with E-state index in [0.29, 0.717) is 0 Å². The monoisotopic (exact) mass is 278 g/mol. The lowest BCUT2D eigenvalue weighted by Gasteiger charge is -2.49. The molecule has 3 fully saturated rings. The van der Waals surface area contributed by atoms with Crippen LogP contribution >= 0.6 is 0 Å². The normalized spacial score (nSPS) is 35.0. The van der Waals surface area contributed by atoms with Crippen molar-refractivity contribution in [2.24, 2.45) is 5.92 Å². The van der Waals surface area contributed by atoms with E-state index in [4.69, 9.17) is 0 Å². The lowest BCUT2D eigenvalue weighted by molar-refractivity contribution is -0.00698. The highest BCUT2D eigenvalue weighted by atomic mass is 15.3. The van der Waals surface area contributed by atoms with Gasteiger partial charge in [-0.2, -0.15) is 0 Å². The molecule has 116 valence electrons. The van der Waals surface area contributed by atoms with Crippen LogP contribution in [-0.4, -0.2) is 47.6 Å². The third-order valence-corrected chi connectivity index (χ3v) is 6.08. The van der Waals surface area contributed by atoms with Gasteiger partial charge in [-0.05, 0) is 38.1 Å². The number of hydrogen-bond donors (Lipinski definition) is 0. The largest absolute Gasteiger partial charge is 0.298 e. The summed E-state index contributed by atoms with van der Waals surface area (Å²) in [5.74, 6) is 0.807. The van der Waals surface area contributed by atoms with Crippen LogP contribution in [-0.2, 0) is 0 Å². The Morgan fingerprint density at radius 1 is 0.750 bits per heavy atom. The third kappa shape index (κ3) is 3.22. The second kappa shape index (κ2) is 6.79. The van der Waals surface area contributed by atoms with Crippen molar-refractivity contribution in [1.82, 2.24) is 9.80 Å². The molecule has 1 aliphatic carbocycles. The van der Waals surface area contributed by atoms with Crippen LogP contribution in [0.5, 0.6) is 0 Å². The Morgan fingerprint density at radius 3 is 2.10 bits per heavy atom. The quantitative estimate of drug-likeness (QED) is 0.756. The molecule has 0 aromatic carbocycles. The summed E-state index contributed by atoms with van der Waals surface area (Å²) in [5.41, 5.74) is 0. The van der Waals surface area contributed by atoms with Crippen LogP contribution in [0, 0.1) is 5.92 Å². The zero-order valence-electron chi connectivity index (χ0n) is 13.7. The fraction of sp³-hybridized carbons (Fsp3) is 1.00. The zero-order valence-corrected chi connectivity index (χ0v) is 13.7. The summed E-state index contributed by atoms with van der Waals surface area (Å²) < 4.78 is 0. The Hall–Kier alpha value is -0.0800. The number of rotatable bonds is 2. The predicted molar refractivity (Wildman–Crippen MR) is 86.0 cm³/mol. The molecule has 3 aliphatic rings. The van der Waals surface area contributed by atoms with Gasteiger partial charge in [0, 0.05) is 31.2 Å². The van der Waals surface area contributed by atoms with Gasteiger partial charge >= 0.3 is 0 Å². The van der Waals surface area contributed by atoms with Crippen LogP contribution < -0.4 is 0 Å². The maximum absolute atomic E-state index is 2.96. The van der Waals surface area contributed by atoms with Gasteiger partial charge in [0.1, 0.15) is 0 Å². The molecule has 3 rings (SSSR count). The number of fused-ring (bicyclic) bond motifs is 1. The fourth-order valence-electron chi connectivity index (χ4n) is 4.85. The van der Waals surface area contributed by atoms with Gasteiger partial charge in [0.2, 0.25) is 0 Å². The lowest BCUT2D eigenvalue weighted by Crippen LogP contribution is -2.60. The van der Waals surface area contributed by atoms with E-state index in [1.54, 1.807) is 0 Å². The number of piperazine rings is 1. The van der Waals surface area contributed by atoms with Gasteiger partial charge in [-0.1, -0.05) is 46.0 Å². The highest BCUT2D eigenvalue weighted by molar-refractivity contribution is 4.95. The molecule has 2 heteroatoms. The summed E-state index contributed by atoms with van der Waals surface area (Å²) in [6.07, 6.45) is 13.2. The smallest absolute Gasteiger partial charge is 0.0249 e. The van der Waals surface area contributed by atoms with Gasteiger partial charge < -0.3 is 0 Å². The molecule has 2 saturated heterocycles. The minimum absolute atomic E-state index is 0.807. The molecule has 0 amide bonds. The first-order valence-corrected chi connectivity index (χ1v) is 9.25. The third-order valence-electron chi connectivity index (χ3n) is 6.08. The van der Waals surface area contributed by atoms with Crippen molar-refractivity contribution >= 4 is 0 Å². The van der Waals surface area contributed by atoms with Crippen molar-refractivity contribution in [3.05, 3.63) is 0 Å². The van der Waals surface area contributed by atoms with Crippen molar-refractivity contribution in [3.63, 3.8) is 0 Å². The second-order valence-electron chi connectivity index (χ2n) is 7.80. The Bertz CT molecular complexity index is 294. The molecule has 2 unspecified atom stereocenters. The fourth-order valence-corrected chi connectivity index (χ4v) is 4.85. The molecule has 0 aromatic rings. The number of hydrogen-bond acceptors (Lipinski definition) is 2. The summed E-state index contributed by atoms with van der Waals surface area (Å²) >= 11 is 0. The molecule has 0 spiro atoms. The molecule has 1 saturated carbocycles. The van der Waals surface area contributed by atoms with E-state index in [2.05, 4.69) is 23.6 Å². The topological polar surface area (TPSA) is 6.48 Å². The second-order valence-corrected chi connectivity index (χ2v) is 7.80. The molecule has 20 heavy (non-hydrogen) atoms. The minimum atomic E-state index is 0.807. The van der Waals surface area contributed by atoms with Crippen molar-refractivity contribution in [3.8, 4) is 0 Å². The molecule has 0 radical (unpaired) electrons. The maximum Gasteiger partial charge on any atom is 0.0249 e. The van der Waals surface area contributed by atoms with Crippen molar-refractivity contribution in [1.29, 1.82) is 0 Å². The first-order valence-electron chi connectivity index (χ1n) is 9.25. The van der Waals surface area contributed by atoms with Gasteiger partial charge in [0.25, 0.3) is 0 Å². The van der Waals surface area contributed by atoms with Gasteiger partial charge in [-0.25, -0.2) is 0 Å². The van der Waals surface area contributed by atoms with E-state index in [1.165, 1.54) is 77.4 Å². The first-order chi connectivity index (χ1) is 9.75. The Labute approximate surface area is 125 Å². The number of nitrogens with zero attached hydrogens (tertiary/aromatic N) is 2. The van der Waals surface area contributed by atoms with E-state index < -0.39 is 0 Å². The Balaban J connectivity index is 1.69. The van der Waals surface area contributed by atoms with Crippen LogP contribution in [0.1, 0.15) is 71.6 Å². The first kappa shape index (κ1) is 14.8. The summed E-state index contributed by atoms with van der Waals surface area (Å²) in [6.45, 7) is 8.96. The van der Waals surface area contributed by atoms with Crippen LogP contribution in [0.2, 0.25) is 0 Å². The predicted octanol–water partition coefficient (Wildman–Crippen LogP) is 3.90. The molecule has 0 bridgehead atoms. The lowest BCUT2D eigenvalue weighted by atomic mass is 9.90. The van der Waals surface area contributed by atoms with Crippen molar-refractivity contribution in [2.75, 3.05) is 19.6 Å². The Morgan fingerprint density at radius 2 is 1.40 bits per heavy atom. The molecule has 2 aliphatic heterocycles. The molecule has 2 heterocycles. The van der Waals surface area contributed by atoms with Crippen LogP contribution in [0.4, 0.5) is 0 Å². The summed E-state index contributed by atoms with van der Waals surface area (Å²) in [5, 5.41) is 0. The molecule has 0 N–H and O–H groups in total. The average Bonchev–Trinajstić information content (AvgIpc) is 2.84. The van der Waals surface area contributed by atoms with Gasteiger partial charge in [0.05, 0.1) is 0 Å². The van der Waals surface area contributed by atoms with E-state index >= 15 is 0 Å². The van der Waals surface area contributed by atoms with E-state index in [9.17, 15) is 0 Å². The average molecular weight is 278 g/mol. The highest BCUT2D eigenvalue weighted by Crippen LogP contribution is 2.32. The van der Waals surface area contributed by atoms with Crippen molar-refractivity contribution in [2.45, 2.75) is 89.8 Å². The standard InChI is InChI=1S/C18H34N2/c1-15(2)18-14-19-12-8-11-17(19)13-20(18)16-9-6-4-3-5-7-10-16/h15-18H,3-14H2,1-2H3. The van der Waals surface area contributed by atoms with Crippen LogP contribution in [0.25, 0.3) is 0 Å². The molecular formula is C18H34N2. The van der Waals surface area contributed by atoms with Gasteiger partial charge in [-0.15, -0.1) is 0 Å². The molecule has 2 nitrogen and oxygen atoms in total. The van der Waals surface area contributed by atoms with E-state index in [0.717, 1.165) is 24.0 Å². The van der Waals surface area contributed by atoms with Crippen LogP contribution in [0.3, 0.4) is 0 Å². The maximum atomic E-state index is 2.96. The van der Waals surface area contributed by atoms with Crippen molar-refractivity contribution < 1.29 is 0 Å².